The average molecular weight is 326 g/mol. The lowest BCUT2D eigenvalue weighted by molar-refractivity contribution is 0.112. The highest BCUT2D eigenvalue weighted by molar-refractivity contribution is 7.25. The van der Waals surface area contributed by atoms with Crippen molar-refractivity contribution >= 4 is 31.6 Å². The molecule has 3 aromatic rings. The smallest absolute Gasteiger partial charge is 0.132 e. The molecular weight excluding hydrogens is 304 g/mol. The molecular formula is C19H22N2OS. The highest BCUT2D eigenvalue weighted by atomic mass is 32.1. The van der Waals surface area contributed by atoms with Gasteiger partial charge in [0, 0.05) is 22.3 Å². The zero-order chi connectivity index (χ0) is 15.8. The molecule has 2 heterocycles. The Kier molecular flexibility index (Phi) is 3.95. The summed E-state index contributed by atoms with van der Waals surface area (Å²) in [5.74, 6) is 1.00. The monoisotopic (exact) mass is 326 g/mol. The van der Waals surface area contributed by atoms with Crippen LogP contribution in [0.5, 0.6) is 5.75 Å². The maximum atomic E-state index is 6.41. The Balaban J connectivity index is 1.62. The van der Waals surface area contributed by atoms with E-state index in [9.17, 15) is 0 Å². The van der Waals surface area contributed by atoms with Gasteiger partial charge in [-0.25, -0.2) is 4.98 Å². The number of hydrogen-bond acceptors (Lipinski definition) is 4. The van der Waals surface area contributed by atoms with Crippen LogP contribution in [0.4, 0.5) is 0 Å². The fourth-order valence-electron chi connectivity index (χ4n) is 3.57. The quantitative estimate of drug-likeness (QED) is 0.697. The minimum Gasteiger partial charge on any atom is -0.490 e. The third-order valence-corrected chi connectivity index (χ3v) is 5.99. The van der Waals surface area contributed by atoms with Crippen molar-refractivity contribution in [2.45, 2.75) is 37.8 Å². The molecule has 0 saturated heterocycles. The van der Waals surface area contributed by atoms with E-state index in [0.29, 0.717) is 12.1 Å². The largest absolute Gasteiger partial charge is 0.490 e. The van der Waals surface area contributed by atoms with Crippen LogP contribution in [0, 0.1) is 0 Å². The van der Waals surface area contributed by atoms with E-state index in [-0.39, 0.29) is 0 Å². The van der Waals surface area contributed by atoms with Crippen LogP contribution in [0.1, 0.15) is 25.7 Å². The van der Waals surface area contributed by atoms with E-state index < -0.39 is 0 Å². The third-order valence-electron chi connectivity index (χ3n) is 4.91. The first-order valence-electron chi connectivity index (χ1n) is 8.31. The Morgan fingerprint density at radius 2 is 1.87 bits per heavy atom. The van der Waals surface area contributed by atoms with Crippen LogP contribution in [0.25, 0.3) is 20.3 Å². The maximum absolute atomic E-state index is 6.41. The second kappa shape index (κ2) is 6.10. The molecule has 23 heavy (non-hydrogen) atoms. The van der Waals surface area contributed by atoms with Gasteiger partial charge in [0.2, 0.25) is 0 Å². The van der Waals surface area contributed by atoms with E-state index >= 15 is 0 Å². The molecule has 1 fully saturated rings. The van der Waals surface area contributed by atoms with E-state index in [2.05, 4.69) is 48.2 Å². The SMILES string of the molecule is CN(C)C1CCC(Oc2ccnc3sc4ccccc4c23)CC1. The predicted octanol–water partition coefficient (Wildman–Crippen LogP) is 4.70. The number of nitrogens with zero attached hydrogens (tertiary/aromatic N) is 2. The van der Waals surface area contributed by atoms with Crippen molar-refractivity contribution in [3.63, 3.8) is 0 Å². The molecule has 0 bridgehead atoms. The van der Waals surface area contributed by atoms with Gasteiger partial charge in [-0.05, 0) is 51.9 Å². The molecule has 0 spiro atoms. The molecule has 1 aliphatic rings. The van der Waals surface area contributed by atoms with Crippen molar-refractivity contribution in [3.8, 4) is 5.75 Å². The molecule has 0 radical (unpaired) electrons. The van der Waals surface area contributed by atoms with Crippen LogP contribution in [0.15, 0.2) is 36.5 Å². The standard InChI is InChI=1S/C19H22N2OS/c1-21(2)13-7-9-14(10-8-13)22-16-11-12-20-19-18(16)15-5-3-4-6-17(15)23-19/h3-6,11-14H,7-10H2,1-2H3. The van der Waals surface area contributed by atoms with Crippen LogP contribution in [0.3, 0.4) is 0 Å². The van der Waals surface area contributed by atoms with Gasteiger partial charge in [-0.2, -0.15) is 0 Å². The first-order chi connectivity index (χ1) is 11.2. The summed E-state index contributed by atoms with van der Waals surface area (Å²) in [4.78, 5) is 7.95. The van der Waals surface area contributed by atoms with Crippen molar-refractivity contribution in [1.29, 1.82) is 0 Å². The number of aromatic nitrogens is 1. The highest BCUT2D eigenvalue weighted by Crippen LogP contribution is 2.39. The lowest BCUT2D eigenvalue weighted by Crippen LogP contribution is -2.35. The van der Waals surface area contributed by atoms with E-state index in [4.69, 9.17) is 4.74 Å². The minimum absolute atomic E-state index is 0.329. The van der Waals surface area contributed by atoms with Gasteiger partial charge in [0.1, 0.15) is 10.6 Å². The molecule has 4 rings (SSSR count). The molecule has 1 aliphatic carbocycles. The molecule has 2 aromatic heterocycles. The second-order valence-electron chi connectivity index (χ2n) is 6.60. The molecule has 120 valence electrons. The third kappa shape index (κ3) is 2.81. The van der Waals surface area contributed by atoms with Crippen LogP contribution in [-0.4, -0.2) is 36.1 Å². The number of ether oxygens (including phenoxy) is 1. The zero-order valence-electron chi connectivity index (χ0n) is 13.7. The second-order valence-corrected chi connectivity index (χ2v) is 7.63. The van der Waals surface area contributed by atoms with Crippen molar-refractivity contribution < 1.29 is 4.74 Å². The Hall–Kier alpha value is -1.65. The van der Waals surface area contributed by atoms with Crippen LogP contribution in [-0.2, 0) is 0 Å². The Bertz CT molecular complexity index is 818. The lowest BCUT2D eigenvalue weighted by Gasteiger charge is -2.32. The molecule has 1 saturated carbocycles. The molecule has 3 nitrogen and oxygen atoms in total. The molecule has 4 heteroatoms. The van der Waals surface area contributed by atoms with Crippen molar-refractivity contribution in [2.75, 3.05) is 14.1 Å². The summed E-state index contributed by atoms with van der Waals surface area (Å²) < 4.78 is 7.69. The first kappa shape index (κ1) is 14.9. The Morgan fingerprint density at radius 3 is 2.65 bits per heavy atom. The van der Waals surface area contributed by atoms with Crippen molar-refractivity contribution in [2.24, 2.45) is 0 Å². The van der Waals surface area contributed by atoms with Crippen molar-refractivity contribution in [3.05, 3.63) is 36.5 Å². The molecule has 1 aromatic carbocycles. The number of benzene rings is 1. The number of hydrogen-bond donors (Lipinski definition) is 0. The maximum Gasteiger partial charge on any atom is 0.132 e. The number of pyridine rings is 1. The summed E-state index contributed by atoms with van der Waals surface area (Å²) in [5.41, 5.74) is 0. The number of fused-ring (bicyclic) bond motifs is 3. The van der Waals surface area contributed by atoms with Gasteiger partial charge < -0.3 is 9.64 Å². The number of thiophene rings is 1. The summed E-state index contributed by atoms with van der Waals surface area (Å²) >= 11 is 1.74. The van der Waals surface area contributed by atoms with Gasteiger partial charge in [-0.1, -0.05) is 18.2 Å². The molecule has 0 aliphatic heterocycles. The molecule has 0 atom stereocenters. The summed E-state index contributed by atoms with van der Waals surface area (Å²) in [7, 11) is 4.35. The summed E-state index contributed by atoms with van der Waals surface area (Å²) in [6.07, 6.45) is 6.91. The van der Waals surface area contributed by atoms with Gasteiger partial charge in [0.25, 0.3) is 0 Å². The summed E-state index contributed by atoms with van der Waals surface area (Å²) in [6.45, 7) is 0. The van der Waals surface area contributed by atoms with Gasteiger partial charge in [0.05, 0.1) is 11.5 Å². The predicted molar refractivity (Wildman–Crippen MR) is 97.5 cm³/mol. The summed E-state index contributed by atoms with van der Waals surface area (Å²) in [6, 6.07) is 11.2. The molecule has 0 N–H and O–H groups in total. The normalized spacial score (nSPS) is 22.0. The minimum atomic E-state index is 0.329. The topological polar surface area (TPSA) is 25.4 Å². The number of rotatable bonds is 3. The van der Waals surface area contributed by atoms with Crippen LogP contribution < -0.4 is 4.74 Å². The Morgan fingerprint density at radius 1 is 1.09 bits per heavy atom. The fourth-order valence-corrected chi connectivity index (χ4v) is 4.64. The Labute approximate surface area is 140 Å². The van der Waals surface area contributed by atoms with Gasteiger partial charge in [-0.15, -0.1) is 11.3 Å². The van der Waals surface area contributed by atoms with Gasteiger partial charge in [0.15, 0.2) is 0 Å². The van der Waals surface area contributed by atoms with Gasteiger partial charge >= 0.3 is 0 Å². The van der Waals surface area contributed by atoms with E-state index in [1.165, 1.54) is 28.3 Å². The zero-order valence-corrected chi connectivity index (χ0v) is 14.5. The first-order valence-corrected chi connectivity index (χ1v) is 9.13. The highest BCUT2D eigenvalue weighted by Gasteiger charge is 2.24. The van der Waals surface area contributed by atoms with E-state index in [1.807, 2.05) is 12.3 Å². The molecule has 0 unspecified atom stereocenters. The fraction of sp³-hybridized carbons (Fsp3) is 0.421. The van der Waals surface area contributed by atoms with E-state index in [1.54, 1.807) is 11.3 Å². The van der Waals surface area contributed by atoms with Crippen molar-refractivity contribution in [1.82, 2.24) is 9.88 Å². The average Bonchev–Trinajstić information content (AvgIpc) is 2.95. The summed E-state index contributed by atoms with van der Waals surface area (Å²) in [5, 5.41) is 2.44. The van der Waals surface area contributed by atoms with Gasteiger partial charge in [-0.3, -0.25) is 0 Å². The lowest BCUT2D eigenvalue weighted by atomic mass is 9.92. The van der Waals surface area contributed by atoms with E-state index in [0.717, 1.165) is 23.4 Å². The van der Waals surface area contributed by atoms with Crippen LogP contribution >= 0.6 is 11.3 Å². The van der Waals surface area contributed by atoms with Crippen LogP contribution in [0.2, 0.25) is 0 Å². The molecule has 0 amide bonds.